The summed E-state index contributed by atoms with van der Waals surface area (Å²) < 4.78 is 0. The Morgan fingerprint density at radius 3 is 2.71 bits per heavy atom. The number of aliphatic hydroxyl groups is 1. The van der Waals surface area contributed by atoms with Gasteiger partial charge in [0.2, 0.25) is 0 Å². The van der Waals surface area contributed by atoms with Crippen molar-refractivity contribution in [2.45, 2.75) is 44.9 Å². The lowest BCUT2D eigenvalue weighted by Gasteiger charge is -2.26. The molecular formula is C13H29N3O. The Hall–Kier alpha value is -0.160. The van der Waals surface area contributed by atoms with E-state index in [1.807, 2.05) is 0 Å². The second-order valence-corrected chi connectivity index (χ2v) is 5.76. The number of aliphatic hydroxyl groups excluding tert-OH is 1. The number of hydrogen-bond donors (Lipinski definition) is 2. The first-order chi connectivity index (χ1) is 7.99. The van der Waals surface area contributed by atoms with Crippen LogP contribution in [0.4, 0.5) is 0 Å². The molecule has 0 aromatic carbocycles. The van der Waals surface area contributed by atoms with Gasteiger partial charge >= 0.3 is 0 Å². The summed E-state index contributed by atoms with van der Waals surface area (Å²) in [7, 11) is 4.20. The lowest BCUT2D eigenvalue weighted by Crippen LogP contribution is -2.39. The van der Waals surface area contributed by atoms with Crippen molar-refractivity contribution in [1.82, 2.24) is 15.1 Å². The minimum atomic E-state index is -0.127. The zero-order chi connectivity index (χ0) is 12.8. The summed E-state index contributed by atoms with van der Waals surface area (Å²) in [6.07, 6.45) is 1.96. The maximum absolute atomic E-state index is 9.75. The van der Waals surface area contributed by atoms with Gasteiger partial charge < -0.3 is 15.3 Å². The van der Waals surface area contributed by atoms with Crippen molar-refractivity contribution in [3.63, 3.8) is 0 Å². The molecule has 102 valence electrons. The van der Waals surface area contributed by atoms with Crippen LogP contribution in [-0.4, -0.2) is 73.4 Å². The highest BCUT2D eigenvalue weighted by atomic mass is 16.3. The van der Waals surface area contributed by atoms with Gasteiger partial charge in [-0.1, -0.05) is 13.8 Å². The number of β-amino-alcohol motifs (C(OH)–C–C–N with tert-alkyl or cyclic N) is 1. The van der Waals surface area contributed by atoms with Gasteiger partial charge in [-0.05, 0) is 40.0 Å². The van der Waals surface area contributed by atoms with E-state index < -0.39 is 0 Å². The summed E-state index contributed by atoms with van der Waals surface area (Å²) in [5.74, 6) is 0. The van der Waals surface area contributed by atoms with Gasteiger partial charge in [0, 0.05) is 25.2 Å². The topological polar surface area (TPSA) is 38.7 Å². The molecule has 17 heavy (non-hydrogen) atoms. The van der Waals surface area contributed by atoms with E-state index in [9.17, 15) is 5.11 Å². The Bertz CT molecular complexity index is 209. The zero-order valence-electron chi connectivity index (χ0n) is 11.8. The summed E-state index contributed by atoms with van der Waals surface area (Å²) in [5, 5.41) is 13.2. The highest BCUT2D eigenvalue weighted by molar-refractivity contribution is 4.86. The molecule has 1 fully saturated rings. The predicted molar refractivity (Wildman–Crippen MR) is 72.3 cm³/mol. The van der Waals surface area contributed by atoms with Crippen LogP contribution >= 0.6 is 0 Å². The van der Waals surface area contributed by atoms with Crippen LogP contribution in [-0.2, 0) is 0 Å². The fourth-order valence-electron chi connectivity index (χ4n) is 2.52. The molecule has 0 spiro atoms. The normalized spacial score (nSPS) is 26.3. The Morgan fingerprint density at radius 1 is 1.41 bits per heavy atom. The van der Waals surface area contributed by atoms with E-state index >= 15 is 0 Å². The third-order valence-electron chi connectivity index (χ3n) is 3.26. The monoisotopic (exact) mass is 243 g/mol. The standard InChI is InChI=1S/C13H29N3O/c1-11(2)14-6-5-7-16-10-13(17)8-12(16)9-15(3)4/h11-14,17H,5-10H2,1-4H3. The molecule has 4 heteroatoms. The van der Waals surface area contributed by atoms with E-state index in [-0.39, 0.29) is 6.10 Å². The SMILES string of the molecule is CC(C)NCCCN1CC(O)CC1CN(C)C. The van der Waals surface area contributed by atoms with Crippen LogP contribution in [0.1, 0.15) is 26.7 Å². The molecule has 1 rings (SSSR count). The molecule has 2 N–H and O–H groups in total. The molecule has 4 nitrogen and oxygen atoms in total. The fourth-order valence-corrected chi connectivity index (χ4v) is 2.52. The molecule has 0 bridgehead atoms. The molecule has 0 aromatic heterocycles. The van der Waals surface area contributed by atoms with Crippen LogP contribution in [0.15, 0.2) is 0 Å². The number of likely N-dealkylation sites (N-methyl/N-ethyl adjacent to an activating group) is 1. The van der Waals surface area contributed by atoms with Crippen molar-refractivity contribution < 1.29 is 5.11 Å². The molecule has 0 radical (unpaired) electrons. The molecule has 1 heterocycles. The van der Waals surface area contributed by atoms with E-state index in [0.29, 0.717) is 12.1 Å². The first kappa shape index (κ1) is 14.9. The van der Waals surface area contributed by atoms with Crippen LogP contribution in [0.5, 0.6) is 0 Å². The Kier molecular flexibility index (Phi) is 6.41. The number of hydrogen-bond acceptors (Lipinski definition) is 4. The maximum Gasteiger partial charge on any atom is 0.0682 e. The van der Waals surface area contributed by atoms with E-state index in [1.165, 1.54) is 0 Å². The molecule has 1 saturated heterocycles. The molecular weight excluding hydrogens is 214 g/mol. The Morgan fingerprint density at radius 2 is 2.12 bits per heavy atom. The van der Waals surface area contributed by atoms with Gasteiger partial charge in [0.25, 0.3) is 0 Å². The summed E-state index contributed by atoms with van der Waals surface area (Å²) in [6.45, 7) is 8.41. The van der Waals surface area contributed by atoms with E-state index in [0.717, 1.165) is 39.0 Å². The van der Waals surface area contributed by atoms with Crippen molar-refractivity contribution in [2.24, 2.45) is 0 Å². The van der Waals surface area contributed by atoms with Gasteiger partial charge in [-0.2, -0.15) is 0 Å². The largest absolute Gasteiger partial charge is 0.392 e. The fraction of sp³-hybridized carbons (Fsp3) is 1.00. The molecule has 0 saturated carbocycles. The molecule has 0 amide bonds. The van der Waals surface area contributed by atoms with Crippen LogP contribution < -0.4 is 5.32 Å². The van der Waals surface area contributed by atoms with Crippen LogP contribution in [0.25, 0.3) is 0 Å². The van der Waals surface area contributed by atoms with E-state index in [2.05, 4.69) is 43.1 Å². The quantitative estimate of drug-likeness (QED) is 0.634. The van der Waals surface area contributed by atoms with Gasteiger partial charge in [0.05, 0.1) is 6.10 Å². The molecule has 2 unspecified atom stereocenters. The second-order valence-electron chi connectivity index (χ2n) is 5.76. The summed E-state index contributed by atoms with van der Waals surface area (Å²) in [6, 6.07) is 1.09. The Labute approximate surface area is 106 Å². The third kappa shape index (κ3) is 5.82. The van der Waals surface area contributed by atoms with Crippen LogP contribution in [0.3, 0.4) is 0 Å². The summed E-state index contributed by atoms with van der Waals surface area (Å²) >= 11 is 0. The van der Waals surface area contributed by atoms with Gasteiger partial charge in [-0.25, -0.2) is 0 Å². The van der Waals surface area contributed by atoms with Crippen LogP contribution in [0.2, 0.25) is 0 Å². The average molecular weight is 243 g/mol. The minimum absolute atomic E-state index is 0.127. The molecule has 0 aromatic rings. The van der Waals surface area contributed by atoms with Gasteiger partial charge in [0.15, 0.2) is 0 Å². The highest BCUT2D eigenvalue weighted by Gasteiger charge is 2.30. The number of nitrogens with zero attached hydrogens (tertiary/aromatic N) is 2. The van der Waals surface area contributed by atoms with Crippen molar-refractivity contribution in [3.8, 4) is 0 Å². The maximum atomic E-state index is 9.75. The van der Waals surface area contributed by atoms with Crippen LogP contribution in [0, 0.1) is 0 Å². The molecule has 2 atom stereocenters. The third-order valence-corrected chi connectivity index (χ3v) is 3.26. The first-order valence-corrected chi connectivity index (χ1v) is 6.79. The van der Waals surface area contributed by atoms with Crippen molar-refractivity contribution >= 4 is 0 Å². The zero-order valence-corrected chi connectivity index (χ0v) is 11.8. The number of rotatable bonds is 7. The minimum Gasteiger partial charge on any atom is -0.392 e. The lowest BCUT2D eigenvalue weighted by molar-refractivity contribution is 0.172. The lowest BCUT2D eigenvalue weighted by atomic mass is 10.2. The Balaban J connectivity index is 2.24. The van der Waals surface area contributed by atoms with Crippen molar-refractivity contribution in [3.05, 3.63) is 0 Å². The molecule has 1 aliphatic heterocycles. The van der Waals surface area contributed by atoms with Gasteiger partial charge in [0.1, 0.15) is 0 Å². The van der Waals surface area contributed by atoms with Gasteiger partial charge in [-0.3, -0.25) is 4.90 Å². The molecule has 1 aliphatic rings. The number of nitrogens with one attached hydrogen (secondary N) is 1. The second kappa shape index (κ2) is 7.31. The highest BCUT2D eigenvalue weighted by Crippen LogP contribution is 2.18. The first-order valence-electron chi connectivity index (χ1n) is 6.79. The summed E-state index contributed by atoms with van der Waals surface area (Å²) in [5.41, 5.74) is 0. The van der Waals surface area contributed by atoms with Crippen molar-refractivity contribution in [2.75, 3.05) is 40.3 Å². The van der Waals surface area contributed by atoms with Crippen molar-refractivity contribution in [1.29, 1.82) is 0 Å². The molecule has 0 aliphatic carbocycles. The van der Waals surface area contributed by atoms with E-state index in [4.69, 9.17) is 0 Å². The summed E-state index contributed by atoms with van der Waals surface area (Å²) in [4.78, 5) is 4.65. The predicted octanol–water partition coefficient (Wildman–Crippen LogP) is 0.371. The van der Waals surface area contributed by atoms with E-state index in [1.54, 1.807) is 0 Å². The van der Waals surface area contributed by atoms with Gasteiger partial charge in [-0.15, -0.1) is 0 Å². The average Bonchev–Trinajstić information content (AvgIpc) is 2.52. The smallest absolute Gasteiger partial charge is 0.0682 e. The number of likely N-dealkylation sites (tertiary alicyclic amines) is 1.